The lowest BCUT2D eigenvalue weighted by Crippen LogP contribution is -2.09. The summed E-state index contributed by atoms with van der Waals surface area (Å²) in [5, 5.41) is 12.6. The number of benzene rings is 2. The fourth-order valence-electron chi connectivity index (χ4n) is 2.09. The zero-order valence-electron chi connectivity index (χ0n) is 11.7. The number of phenols is 1. The van der Waals surface area contributed by atoms with Crippen LogP contribution in [0, 0.1) is 6.92 Å². The molecule has 2 rings (SSSR count). The third-order valence-corrected chi connectivity index (χ3v) is 3.32. The standard InChI is InChI=1S/C16H16F3NO/c1-10-9-14(21)7-8-15(10)20-11(2)12-3-5-13(6-4-12)16(17,18)19/h3-9,11,20-21H,1-2H3. The zero-order chi connectivity index (χ0) is 15.6. The highest BCUT2D eigenvalue weighted by molar-refractivity contribution is 5.54. The van der Waals surface area contributed by atoms with Crippen LogP contribution in [0.4, 0.5) is 18.9 Å². The number of anilines is 1. The highest BCUT2D eigenvalue weighted by Crippen LogP contribution is 2.31. The van der Waals surface area contributed by atoms with E-state index in [1.54, 1.807) is 18.2 Å². The Morgan fingerprint density at radius 3 is 2.19 bits per heavy atom. The smallest absolute Gasteiger partial charge is 0.416 e. The van der Waals surface area contributed by atoms with Crippen molar-refractivity contribution >= 4 is 5.69 Å². The molecule has 0 saturated carbocycles. The van der Waals surface area contributed by atoms with E-state index in [4.69, 9.17) is 0 Å². The molecule has 2 N–H and O–H groups in total. The first kappa shape index (κ1) is 15.2. The lowest BCUT2D eigenvalue weighted by molar-refractivity contribution is -0.137. The Morgan fingerprint density at radius 1 is 1.05 bits per heavy atom. The summed E-state index contributed by atoms with van der Waals surface area (Å²) in [6.07, 6.45) is -4.32. The fourth-order valence-corrected chi connectivity index (χ4v) is 2.09. The van der Waals surface area contributed by atoms with Crippen LogP contribution in [0.5, 0.6) is 5.75 Å². The molecule has 0 aliphatic heterocycles. The van der Waals surface area contributed by atoms with E-state index in [0.29, 0.717) is 0 Å². The van der Waals surface area contributed by atoms with Crippen LogP contribution < -0.4 is 5.32 Å². The fraction of sp³-hybridized carbons (Fsp3) is 0.250. The maximum atomic E-state index is 12.5. The van der Waals surface area contributed by atoms with E-state index in [1.807, 2.05) is 13.8 Å². The second kappa shape index (κ2) is 5.68. The molecule has 5 heteroatoms. The molecular formula is C16H16F3NO. The van der Waals surface area contributed by atoms with Crippen molar-refractivity contribution in [2.75, 3.05) is 5.32 Å². The lowest BCUT2D eigenvalue weighted by atomic mass is 10.0. The Kier molecular flexibility index (Phi) is 4.11. The Balaban J connectivity index is 2.15. The monoisotopic (exact) mass is 295 g/mol. The molecule has 1 atom stereocenters. The van der Waals surface area contributed by atoms with Crippen LogP contribution >= 0.6 is 0 Å². The molecule has 0 spiro atoms. The average Bonchev–Trinajstić information content (AvgIpc) is 2.41. The van der Waals surface area contributed by atoms with Crippen molar-refractivity contribution < 1.29 is 18.3 Å². The lowest BCUT2D eigenvalue weighted by Gasteiger charge is -2.18. The number of aromatic hydroxyl groups is 1. The molecule has 0 saturated heterocycles. The summed E-state index contributed by atoms with van der Waals surface area (Å²) in [5.74, 6) is 0.181. The highest BCUT2D eigenvalue weighted by Gasteiger charge is 2.30. The number of alkyl halides is 3. The largest absolute Gasteiger partial charge is 0.508 e. The number of hydrogen-bond donors (Lipinski definition) is 2. The summed E-state index contributed by atoms with van der Waals surface area (Å²) < 4.78 is 37.6. The molecule has 112 valence electrons. The van der Waals surface area contributed by atoms with Crippen LogP contribution in [0.1, 0.15) is 29.7 Å². The summed E-state index contributed by atoms with van der Waals surface area (Å²) >= 11 is 0. The molecule has 2 nitrogen and oxygen atoms in total. The molecule has 0 radical (unpaired) electrons. The molecular weight excluding hydrogens is 279 g/mol. The summed E-state index contributed by atoms with van der Waals surface area (Å²) in [7, 11) is 0. The maximum absolute atomic E-state index is 12.5. The van der Waals surface area contributed by atoms with Gasteiger partial charge in [0.25, 0.3) is 0 Å². The second-order valence-corrected chi connectivity index (χ2v) is 4.99. The summed E-state index contributed by atoms with van der Waals surface area (Å²) in [6.45, 7) is 3.72. The third-order valence-electron chi connectivity index (χ3n) is 3.32. The predicted molar refractivity (Wildman–Crippen MR) is 76.3 cm³/mol. The van der Waals surface area contributed by atoms with Gasteiger partial charge in [-0.1, -0.05) is 12.1 Å². The predicted octanol–water partition coefficient (Wildman–Crippen LogP) is 4.89. The first-order valence-corrected chi connectivity index (χ1v) is 6.50. The molecule has 0 aliphatic carbocycles. The van der Waals surface area contributed by atoms with Gasteiger partial charge in [0.15, 0.2) is 0 Å². The molecule has 0 heterocycles. The Morgan fingerprint density at radius 2 is 1.67 bits per heavy atom. The molecule has 2 aromatic carbocycles. The van der Waals surface area contributed by atoms with Crippen molar-refractivity contribution in [3.63, 3.8) is 0 Å². The first-order valence-electron chi connectivity index (χ1n) is 6.50. The minimum Gasteiger partial charge on any atom is -0.508 e. The van der Waals surface area contributed by atoms with Crippen molar-refractivity contribution in [2.45, 2.75) is 26.1 Å². The minimum atomic E-state index is -4.32. The molecule has 0 amide bonds. The van der Waals surface area contributed by atoms with E-state index in [9.17, 15) is 18.3 Å². The molecule has 0 aliphatic rings. The van der Waals surface area contributed by atoms with E-state index in [-0.39, 0.29) is 11.8 Å². The third kappa shape index (κ3) is 3.68. The van der Waals surface area contributed by atoms with Crippen molar-refractivity contribution in [2.24, 2.45) is 0 Å². The Hall–Kier alpha value is -2.17. The van der Waals surface area contributed by atoms with E-state index < -0.39 is 11.7 Å². The summed E-state index contributed by atoms with van der Waals surface area (Å²) in [5.41, 5.74) is 1.81. The van der Waals surface area contributed by atoms with Gasteiger partial charge in [-0.15, -0.1) is 0 Å². The van der Waals surface area contributed by atoms with Crippen LogP contribution in [0.25, 0.3) is 0 Å². The van der Waals surface area contributed by atoms with Gasteiger partial charge in [0.1, 0.15) is 5.75 Å². The molecule has 0 fully saturated rings. The molecule has 0 bridgehead atoms. The Bertz CT molecular complexity index is 620. The van der Waals surface area contributed by atoms with Gasteiger partial charge >= 0.3 is 6.18 Å². The van der Waals surface area contributed by atoms with E-state index in [0.717, 1.165) is 28.9 Å². The molecule has 0 aromatic heterocycles. The van der Waals surface area contributed by atoms with Crippen molar-refractivity contribution in [3.8, 4) is 5.75 Å². The van der Waals surface area contributed by atoms with E-state index in [2.05, 4.69) is 5.32 Å². The SMILES string of the molecule is Cc1cc(O)ccc1NC(C)c1ccc(C(F)(F)F)cc1. The van der Waals surface area contributed by atoms with Gasteiger partial charge in [-0.25, -0.2) is 0 Å². The van der Waals surface area contributed by atoms with Crippen LogP contribution in [0.2, 0.25) is 0 Å². The number of rotatable bonds is 3. The number of nitrogens with one attached hydrogen (secondary N) is 1. The van der Waals surface area contributed by atoms with E-state index >= 15 is 0 Å². The number of halogens is 3. The summed E-state index contributed by atoms with van der Waals surface area (Å²) in [4.78, 5) is 0. The van der Waals surface area contributed by atoms with Crippen LogP contribution in [-0.2, 0) is 6.18 Å². The molecule has 2 aromatic rings. The minimum absolute atomic E-state index is 0.143. The van der Waals surface area contributed by atoms with Crippen molar-refractivity contribution in [1.29, 1.82) is 0 Å². The van der Waals surface area contributed by atoms with Gasteiger partial charge in [0, 0.05) is 11.7 Å². The van der Waals surface area contributed by atoms with Crippen LogP contribution in [0.15, 0.2) is 42.5 Å². The van der Waals surface area contributed by atoms with Gasteiger partial charge in [-0.3, -0.25) is 0 Å². The molecule has 1 unspecified atom stereocenters. The van der Waals surface area contributed by atoms with Crippen LogP contribution in [-0.4, -0.2) is 5.11 Å². The van der Waals surface area contributed by atoms with Crippen LogP contribution in [0.3, 0.4) is 0 Å². The number of aryl methyl sites for hydroxylation is 1. The maximum Gasteiger partial charge on any atom is 0.416 e. The number of phenolic OH excluding ortho intramolecular Hbond substituents is 1. The molecule has 21 heavy (non-hydrogen) atoms. The average molecular weight is 295 g/mol. The zero-order valence-corrected chi connectivity index (χ0v) is 11.7. The van der Waals surface area contributed by atoms with Gasteiger partial charge < -0.3 is 10.4 Å². The summed E-state index contributed by atoms with van der Waals surface area (Å²) in [6, 6.07) is 9.89. The Labute approximate surface area is 121 Å². The first-order chi connectivity index (χ1) is 9.77. The normalized spacial score (nSPS) is 13.0. The van der Waals surface area contributed by atoms with Crippen molar-refractivity contribution in [1.82, 2.24) is 0 Å². The second-order valence-electron chi connectivity index (χ2n) is 4.99. The van der Waals surface area contributed by atoms with Gasteiger partial charge in [0.05, 0.1) is 5.56 Å². The van der Waals surface area contributed by atoms with Gasteiger partial charge in [-0.05, 0) is 55.3 Å². The van der Waals surface area contributed by atoms with Gasteiger partial charge in [0.2, 0.25) is 0 Å². The van der Waals surface area contributed by atoms with Gasteiger partial charge in [-0.2, -0.15) is 13.2 Å². The van der Waals surface area contributed by atoms with E-state index in [1.165, 1.54) is 12.1 Å². The highest BCUT2D eigenvalue weighted by atomic mass is 19.4. The topological polar surface area (TPSA) is 32.3 Å². The number of hydrogen-bond acceptors (Lipinski definition) is 2. The van der Waals surface area contributed by atoms with Crippen molar-refractivity contribution in [3.05, 3.63) is 59.2 Å². The quantitative estimate of drug-likeness (QED) is 0.790.